The maximum absolute atomic E-state index is 12.2. The second kappa shape index (κ2) is 8.55. The van der Waals surface area contributed by atoms with Gasteiger partial charge in [-0.05, 0) is 55.9 Å². The minimum atomic E-state index is -3.45. The lowest BCUT2D eigenvalue weighted by Gasteiger charge is -2.20. The van der Waals surface area contributed by atoms with Gasteiger partial charge in [-0.2, -0.15) is 0 Å². The van der Waals surface area contributed by atoms with E-state index < -0.39 is 16.1 Å². The molecular formula is C21H27N5O3S. The van der Waals surface area contributed by atoms with Crippen molar-refractivity contribution in [3.63, 3.8) is 0 Å². The molecule has 160 valence electrons. The van der Waals surface area contributed by atoms with Crippen molar-refractivity contribution >= 4 is 15.7 Å². The van der Waals surface area contributed by atoms with Gasteiger partial charge in [0.15, 0.2) is 0 Å². The fourth-order valence-corrected chi connectivity index (χ4v) is 3.57. The first kappa shape index (κ1) is 21.9. The summed E-state index contributed by atoms with van der Waals surface area (Å²) in [5, 5.41) is 8.10. The first-order valence-electron chi connectivity index (χ1n) is 9.47. The number of aromatic nitrogens is 2. The summed E-state index contributed by atoms with van der Waals surface area (Å²) in [4.78, 5) is 2.08. The smallest absolute Gasteiger partial charge is 0.247 e. The van der Waals surface area contributed by atoms with Crippen molar-refractivity contribution in [3.8, 4) is 22.6 Å². The predicted octanol–water partition coefficient (Wildman–Crippen LogP) is 2.88. The molecule has 30 heavy (non-hydrogen) atoms. The van der Waals surface area contributed by atoms with E-state index >= 15 is 0 Å². The van der Waals surface area contributed by atoms with Crippen molar-refractivity contribution in [1.29, 1.82) is 0 Å². The molecule has 0 radical (unpaired) electrons. The molecule has 0 spiro atoms. The topological polar surface area (TPSA) is 106 Å². The zero-order chi connectivity index (χ0) is 22.1. The van der Waals surface area contributed by atoms with E-state index in [0.717, 1.165) is 23.2 Å². The Balaban J connectivity index is 2.20. The number of nitrogens with zero attached hydrogens (tertiary/aromatic N) is 4. The summed E-state index contributed by atoms with van der Waals surface area (Å²) in [6, 6.07) is 13.1. The molecule has 2 N–H and O–H groups in total. The van der Waals surface area contributed by atoms with E-state index in [1.807, 2.05) is 44.4 Å². The van der Waals surface area contributed by atoms with Gasteiger partial charge < -0.3 is 15.1 Å². The first-order valence-corrected chi connectivity index (χ1v) is 11.3. The molecule has 0 aliphatic carbocycles. The summed E-state index contributed by atoms with van der Waals surface area (Å²) >= 11 is 0. The van der Waals surface area contributed by atoms with Crippen LogP contribution in [0.3, 0.4) is 0 Å². The zero-order valence-corrected chi connectivity index (χ0v) is 18.6. The number of hydrogen-bond donors (Lipinski definition) is 1. The molecule has 0 fully saturated rings. The predicted molar refractivity (Wildman–Crippen MR) is 118 cm³/mol. The van der Waals surface area contributed by atoms with E-state index in [9.17, 15) is 8.42 Å². The molecule has 0 aliphatic rings. The third-order valence-corrected chi connectivity index (χ3v) is 5.88. The molecule has 0 saturated carbocycles. The van der Waals surface area contributed by atoms with Crippen LogP contribution in [0.4, 0.5) is 5.69 Å². The van der Waals surface area contributed by atoms with Gasteiger partial charge in [0.2, 0.25) is 21.8 Å². The van der Waals surface area contributed by atoms with E-state index in [2.05, 4.69) is 21.2 Å². The van der Waals surface area contributed by atoms with Crippen molar-refractivity contribution in [1.82, 2.24) is 15.1 Å². The van der Waals surface area contributed by atoms with E-state index in [-0.39, 0.29) is 5.89 Å². The van der Waals surface area contributed by atoms with E-state index in [0.29, 0.717) is 17.1 Å². The molecule has 1 unspecified atom stereocenters. The highest BCUT2D eigenvalue weighted by molar-refractivity contribution is 7.92. The molecule has 0 aliphatic heterocycles. The standard InChI is InChI=1S/C21H27N5O3S/c1-14(22)20-23-24-21(29-20)17-10-16(11-18(12-17)26(4)30(5,27)28)19-9-7-6-8-15(19)13-25(2)3/h6-12,14H,13,22H2,1-5H3. The van der Waals surface area contributed by atoms with Gasteiger partial charge in [0.05, 0.1) is 18.0 Å². The van der Waals surface area contributed by atoms with Gasteiger partial charge in [-0.25, -0.2) is 8.42 Å². The van der Waals surface area contributed by atoms with Crippen LogP contribution < -0.4 is 10.0 Å². The third-order valence-electron chi connectivity index (χ3n) is 4.67. The van der Waals surface area contributed by atoms with Crippen LogP contribution >= 0.6 is 0 Å². The molecule has 9 heteroatoms. The molecular weight excluding hydrogens is 402 g/mol. The van der Waals surface area contributed by atoms with Gasteiger partial charge in [0.1, 0.15) is 0 Å². The Labute approximate surface area is 177 Å². The van der Waals surface area contributed by atoms with Crippen LogP contribution in [0.15, 0.2) is 46.9 Å². The van der Waals surface area contributed by atoms with Crippen molar-refractivity contribution in [2.45, 2.75) is 19.5 Å². The SMILES string of the molecule is CC(N)c1nnc(-c2cc(-c3ccccc3CN(C)C)cc(N(C)S(C)(=O)=O)c2)o1. The highest BCUT2D eigenvalue weighted by atomic mass is 32.2. The van der Waals surface area contributed by atoms with Crippen LogP contribution in [0.5, 0.6) is 0 Å². The van der Waals surface area contributed by atoms with Crippen molar-refractivity contribution < 1.29 is 12.8 Å². The summed E-state index contributed by atoms with van der Waals surface area (Å²) in [6.07, 6.45) is 1.17. The Bertz CT molecular complexity index is 1140. The number of benzene rings is 2. The average Bonchev–Trinajstić information content (AvgIpc) is 3.17. The minimum Gasteiger partial charge on any atom is -0.419 e. The van der Waals surface area contributed by atoms with Gasteiger partial charge in [0, 0.05) is 19.2 Å². The fourth-order valence-electron chi connectivity index (χ4n) is 3.08. The van der Waals surface area contributed by atoms with Gasteiger partial charge in [0.25, 0.3) is 0 Å². The summed E-state index contributed by atoms with van der Waals surface area (Å²) in [6.45, 7) is 2.50. The number of hydrogen-bond acceptors (Lipinski definition) is 7. The lowest BCUT2D eigenvalue weighted by Crippen LogP contribution is -2.24. The van der Waals surface area contributed by atoms with Gasteiger partial charge in [-0.3, -0.25) is 4.31 Å². The number of anilines is 1. The van der Waals surface area contributed by atoms with Crippen LogP contribution in [-0.2, 0) is 16.6 Å². The van der Waals surface area contributed by atoms with E-state index in [1.165, 1.54) is 17.6 Å². The van der Waals surface area contributed by atoms with Crippen molar-refractivity contribution in [2.24, 2.45) is 5.73 Å². The Morgan fingerprint density at radius 2 is 1.73 bits per heavy atom. The molecule has 0 saturated heterocycles. The Hall–Kier alpha value is -2.75. The van der Waals surface area contributed by atoms with Gasteiger partial charge >= 0.3 is 0 Å². The maximum atomic E-state index is 12.2. The molecule has 0 amide bonds. The van der Waals surface area contributed by atoms with Gasteiger partial charge in [-0.1, -0.05) is 24.3 Å². The van der Waals surface area contributed by atoms with E-state index in [1.54, 1.807) is 13.0 Å². The van der Waals surface area contributed by atoms with E-state index in [4.69, 9.17) is 10.2 Å². The summed E-state index contributed by atoms with van der Waals surface area (Å²) < 4.78 is 31.3. The zero-order valence-electron chi connectivity index (χ0n) is 17.8. The fraction of sp³-hybridized carbons (Fsp3) is 0.333. The molecule has 3 aromatic rings. The van der Waals surface area contributed by atoms with Gasteiger partial charge in [-0.15, -0.1) is 10.2 Å². The molecule has 1 heterocycles. The van der Waals surface area contributed by atoms with Crippen molar-refractivity contribution in [3.05, 3.63) is 53.9 Å². The number of rotatable bonds is 7. The summed E-state index contributed by atoms with van der Waals surface area (Å²) in [7, 11) is 2.07. The Kier molecular flexibility index (Phi) is 6.25. The minimum absolute atomic E-state index is 0.289. The molecule has 0 bridgehead atoms. The monoisotopic (exact) mass is 429 g/mol. The normalized spacial score (nSPS) is 12.9. The highest BCUT2D eigenvalue weighted by Gasteiger charge is 2.19. The molecule has 2 aromatic carbocycles. The Morgan fingerprint density at radius 3 is 2.33 bits per heavy atom. The first-order chi connectivity index (χ1) is 14.1. The average molecular weight is 430 g/mol. The number of sulfonamides is 1. The molecule has 1 atom stereocenters. The maximum Gasteiger partial charge on any atom is 0.247 e. The number of nitrogens with two attached hydrogens (primary N) is 1. The summed E-state index contributed by atoms with van der Waals surface area (Å²) in [5.74, 6) is 0.610. The van der Waals surface area contributed by atoms with Crippen LogP contribution in [-0.4, -0.2) is 50.9 Å². The molecule has 3 rings (SSSR count). The third kappa shape index (κ3) is 4.86. The van der Waals surface area contributed by atoms with Crippen molar-refractivity contribution in [2.75, 3.05) is 31.7 Å². The molecule has 1 aromatic heterocycles. The van der Waals surface area contributed by atoms with Crippen LogP contribution in [0, 0.1) is 0 Å². The second-order valence-corrected chi connectivity index (χ2v) is 9.64. The van der Waals surface area contributed by atoms with Crippen LogP contribution in [0.2, 0.25) is 0 Å². The second-order valence-electron chi connectivity index (χ2n) is 7.63. The largest absolute Gasteiger partial charge is 0.419 e. The highest BCUT2D eigenvalue weighted by Crippen LogP contribution is 2.34. The van der Waals surface area contributed by atoms with Crippen LogP contribution in [0.1, 0.15) is 24.4 Å². The van der Waals surface area contributed by atoms with Crippen LogP contribution in [0.25, 0.3) is 22.6 Å². The quantitative estimate of drug-likeness (QED) is 0.615. The summed E-state index contributed by atoms with van der Waals surface area (Å²) in [5.41, 5.74) is 9.95. The lowest BCUT2D eigenvalue weighted by molar-refractivity contribution is 0.403. The molecule has 8 nitrogen and oxygen atoms in total. The Morgan fingerprint density at radius 1 is 1.07 bits per heavy atom. The lowest BCUT2D eigenvalue weighted by atomic mass is 9.97.